The van der Waals surface area contributed by atoms with Crippen LogP contribution in [-0.2, 0) is 9.59 Å². The van der Waals surface area contributed by atoms with Crippen molar-refractivity contribution in [3.63, 3.8) is 0 Å². The summed E-state index contributed by atoms with van der Waals surface area (Å²) in [4.78, 5) is 30.5. The largest absolute Gasteiger partial charge is 0.366 e. The molecule has 30 heavy (non-hydrogen) atoms. The number of piperidine rings is 1. The Labute approximate surface area is 182 Å². The zero-order chi connectivity index (χ0) is 21.7. The van der Waals surface area contributed by atoms with E-state index in [4.69, 9.17) is 0 Å². The molecule has 0 aliphatic carbocycles. The van der Waals surface area contributed by atoms with E-state index in [0.29, 0.717) is 23.7 Å². The van der Waals surface area contributed by atoms with Crippen molar-refractivity contribution in [3.8, 4) is 0 Å². The molecule has 1 aromatic rings. The number of carbonyl (C=O) groups excluding carboxylic acids is 2. The first-order valence-corrected chi connectivity index (χ1v) is 11.9. The van der Waals surface area contributed by atoms with Gasteiger partial charge in [0, 0.05) is 19.6 Å². The van der Waals surface area contributed by atoms with Crippen molar-refractivity contribution < 1.29 is 9.59 Å². The number of hydrogen-bond donors (Lipinski definition) is 0. The summed E-state index contributed by atoms with van der Waals surface area (Å²) in [5.41, 5.74) is 4.50. The molecule has 0 spiro atoms. The highest BCUT2D eigenvalue weighted by molar-refractivity contribution is 6.35. The summed E-state index contributed by atoms with van der Waals surface area (Å²) < 4.78 is 0. The molecule has 2 heterocycles. The van der Waals surface area contributed by atoms with E-state index >= 15 is 0 Å². The number of likely N-dealkylation sites (tertiary alicyclic amines) is 1. The zero-order valence-corrected chi connectivity index (χ0v) is 19.3. The molecule has 0 saturated carbocycles. The standard InChI is InChI=1S/C26H38N2O2/c1-5-6-7-8-9-10-15-28-25(29)23(22-12-11-20(3)21(4)18-22)24(26(28)30)27-16-13-19(2)14-17-27/h11-12,18-19H,5-10,13-17H2,1-4H3. The van der Waals surface area contributed by atoms with Gasteiger partial charge in [0.05, 0.1) is 5.57 Å². The van der Waals surface area contributed by atoms with Gasteiger partial charge >= 0.3 is 0 Å². The summed E-state index contributed by atoms with van der Waals surface area (Å²) >= 11 is 0. The van der Waals surface area contributed by atoms with Gasteiger partial charge in [0.1, 0.15) is 5.70 Å². The van der Waals surface area contributed by atoms with Crippen LogP contribution in [0.2, 0.25) is 0 Å². The number of benzene rings is 1. The normalized spacial score (nSPS) is 18.1. The molecule has 1 fully saturated rings. The Morgan fingerprint density at radius 1 is 0.900 bits per heavy atom. The maximum absolute atomic E-state index is 13.4. The molecule has 2 aliphatic heterocycles. The molecule has 0 aromatic heterocycles. The average molecular weight is 411 g/mol. The SMILES string of the molecule is CCCCCCCCN1C(=O)C(c2ccc(C)c(C)c2)=C(N2CCC(C)CC2)C1=O. The highest BCUT2D eigenvalue weighted by Gasteiger charge is 2.41. The van der Waals surface area contributed by atoms with Crippen LogP contribution in [0.3, 0.4) is 0 Å². The maximum Gasteiger partial charge on any atom is 0.277 e. The van der Waals surface area contributed by atoms with Gasteiger partial charge in [0.2, 0.25) is 0 Å². The number of aryl methyl sites for hydroxylation is 2. The Morgan fingerprint density at radius 3 is 2.23 bits per heavy atom. The number of hydrogen-bond acceptors (Lipinski definition) is 3. The van der Waals surface area contributed by atoms with Crippen LogP contribution < -0.4 is 0 Å². The molecule has 0 bridgehead atoms. The lowest BCUT2D eigenvalue weighted by Crippen LogP contribution is -2.38. The molecule has 1 aromatic carbocycles. The number of imide groups is 1. The lowest BCUT2D eigenvalue weighted by molar-refractivity contribution is -0.137. The number of nitrogens with zero attached hydrogens (tertiary/aromatic N) is 2. The molecular weight excluding hydrogens is 372 g/mol. The first-order chi connectivity index (χ1) is 14.4. The first kappa shape index (κ1) is 22.6. The van der Waals surface area contributed by atoms with E-state index in [0.717, 1.165) is 49.9 Å². The summed E-state index contributed by atoms with van der Waals surface area (Å²) in [5.74, 6) is 0.486. The third kappa shape index (κ3) is 4.96. The van der Waals surface area contributed by atoms with Crippen LogP contribution >= 0.6 is 0 Å². The van der Waals surface area contributed by atoms with Gasteiger partial charge in [-0.1, -0.05) is 64.2 Å². The lowest BCUT2D eigenvalue weighted by Gasteiger charge is -2.32. The highest BCUT2D eigenvalue weighted by atomic mass is 16.2. The fourth-order valence-corrected chi connectivity index (χ4v) is 4.50. The van der Waals surface area contributed by atoms with Crippen molar-refractivity contribution in [1.29, 1.82) is 0 Å². The van der Waals surface area contributed by atoms with Crippen molar-refractivity contribution in [2.75, 3.05) is 19.6 Å². The van der Waals surface area contributed by atoms with Crippen molar-refractivity contribution >= 4 is 17.4 Å². The van der Waals surface area contributed by atoms with Gasteiger partial charge < -0.3 is 4.90 Å². The predicted octanol–water partition coefficient (Wildman–Crippen LogP) is 5.48. The maximum atomic E-state index is 13.4. The number of unbranched alkanes of at least 4 members (excludes halogenated alkanes) is 5. The topological polar surface area (TPSA) is 40.6 Å². The Kier molecular flexibility index (Phi) is 7.74. The van der Waals surface area contributed by atoms with E-state index in [-0.39, 0.29) is 11.8 Å². The van der Waals surface area contributed by atoms with E-state index in [1.807, 2.05) is 6.07 Å². The molecule has 0 atom stereocenters. The van der Waals surface area contributed by atoms with Crippen molar-refractivity contribution in [2.24, 2.45) is 5.92 Å². The van der Waals surface area contributed by atoms with E-state index in [2.05, 4.69) is 44.7 Å². The van der Waals surface area contributed by atoms with Crippen LogP contribution in [-0.4, -0.2) is 41.2 Å². The first-order valence-electron chi connectivity index (χ1n) is 11.9. The highest BCUT2D eigenvalue weighted by Crippen LogP contribution is 2.34. The Bertz CT molecular complexity index is 803. The van der Waals surface area contributed by atoms with Gasteiger partial charge in [-0.3, -0.25) is 14.5 Å². The Morgan fingerprint density at radius 2 is 1.57 bits per heavy atom. The van der Waals surface area contributed by atoms with Gasteiger partial charge in [0.15, 0.2) is 0 Å². The third-order valence-electron chi connectivity index (χ3n) is 6.77. The summed E-state index contributed by atoms with van der Waals surface area (Å²) in [6, 6.07) is 6.13. The minimum absolute atomic E-state index is 0.0867. The van der Waals surface area contributed by atoms with Crippen molar-refractivity contribution in [3.05, 3.63) is 40.6 Å². The van der Waals surface area contributed by atoms with E-state index in [1.54, 1.807) is 0 Å². The average Bonchev–Trinajstić information content (AvgIpc) is 2.97. The van der Waals surface area contributed by atoms with Crippen LogP contribution in [0.5, 0.6) is 0 Å². The fourth-order valence-electron chi connectivity index (χ4n) is 4.50. The number of amides is 2. The van der Waals surface area contributed by atoms with Gasteiger partial charge in [0.25, 0.3) is 11.8 Å². The van der Waals surface area contributed by atoms with Gasteiger partial charge in [-0.2, -0.15) is 0 Å². The summed E-state index contributed by atoms with van der Waals surface area (Å²) in [5, 5.41) is 0. The zero-order valence-electron chi connectivity index (χ0n) is 19.3. The molecule has 4 nitrogen and oxygen atoms in total. The molecule has 0 N–H and O–H groups in total. The smallest absolute Gasteiger partial charge is 0.277 e. The van der Waals surface area contributed by atoms with Crippen LogP contribution in [0.4, 0.5) is 0 Å². The Balaban J connectivity index is 1.82. The summed E-state index contributed by atoms with van der Waals surface area (Å²) in [6.07, 6.45) is 9.02. The van der Waals surface area contributed by atoms with Crippen LogP contribution in [0.1, 0.15) is 81.9 Å². The quantitative estimate of drug-likeness (QED) is 0.400. The molecule has 4 heteroatoms. The van der Waals surface area contributed by atoms with Crippen molar-refractivity contribution in [1.82, 2.24) is 9.80 Å². The van der Waals surface area contributed by atoms with Crippen LogP contribution in [0.25, 0.3) is 5.57 Å². The van der Waals surface area contributed by atoms with E-state index in [1.165, 1.54) is 36.1 Å². The molecule has 0 unspecified atom stereocenters. The fraction of sp³-hybridized carbons (Fsp3) is 0.615. The lowest BCUT2D eigenvalue weighted by atomic mass is 9.96. The van der Waals surface area contributed by atoms with Crippen molar-refractivity contribution in [2.45, 2.75) is 79.1 Å². The van der Waals surface area contributed by atoms with Crippen LogP contribution in [0.15, 0.2) is 23.9 Å². The predicted molar refractivity (Wildman–Crippen MR) is 123 cm³/mol. The second kappa shape index (κ2) is 10.3. The van der Waals surface area contributed by atoms with Gasteiger partial charge in [-0.15, -0.1) is 0 Å². The summed E-state index contributed by atoms with van der Waals surface area (Å²) in [7, 11) is 0. The molecule has 2 amide bonds. The van der Waals surface area contributed by atoms with Gasteiger partial charge in [-0.25, -0.2) is 0 Å². The number of carbonyl (C=O) groups is 2. The summed E-state index contributed by atoms with van der Waals surface area (Å²) in [6.45, 7) is 10.9. The number of rotatable bonds is 9. The van der Waals surface area contributed by atoms with Crippen LogP contribution in [0, 0.1) is 19.8 Å². The minimum Gasteiger partial charge on any atom is -0.366 e. The second-order valence-electron chi connectivity index (χ2n) is 9.22. The molecule has 0 radical (unpaired) electrons. The minimum atomic E-state index is -0.106. The van der Waals surface area contributed by atoms with E-state index in [9.17, 15) is 9.59 Å². The Hall–Kier alpha value is -2.10. The monoisotopic (exact) mass is 410 g/mol. The molecule has 164 valence electrons. The third-order valence-corrected chi connectivity index (χ3v) is 6.77. The molecule has 1 saturated heterocycles. The second-order valence-corrected chi connectivity index (χ2v) is 9.22. The molecule has 2 aliphatic rings. The van der Waals surface area contributed by atoms with Gasteiger partial charge in [-0.05, 0) is 55.7 Å². The molecular formula is C26H38N2O2. The van der Waals surface area contributed by atoms with E-state index < -0.39 is 0 Å². The molecule has 3 rings (SSSR count).